The fraction of sp³-hybridized carbons (Fsp3) is 0.571. The normalized spacial score (nSPS) is 29.0. The van der Waals surface area contributed by atoms with Crippen LogP contribution in [0.2, 0.25) is 0 Å². The van der Waals surface area contributed by atoms with Gasteiger partial charge in [-0.3, -0.25) is 0 Å². The number of benzene rings is 1. The summed E-state index contributed by atoms with van der Waals surface area (Å²) in [6.45, 7) is 0.535. The highest BCUT2D eigenvalue weighted by molar-refractivity contribution is 5.33. The van der Waals surface area contributed by atoms with Crippen molar-refractivity contribution in [2.45, 2.75) is 31.3 Å². The molecule has 0 radical (unpaired) electrons. The van der Waals surface area contributed by atoms with E-state index in [4.69, 9.17) is 10.5 Å². The van der Waals surface area contributed by atoms with Crippen molar-refractivity contribution in [1.82, 2.24) is 0 Å². The number of methoxy groups -OCH3 is 1. The van der Waals surface area contributed by atoms with Crippen LogP contribution in [0.4, 0.5) is 0 Å². The van der Waals surface area contributed by atoms with E-state index in [1.807, 2.05) is 24.3 Å². The molecule has 0 amide bonds. The van der Waals surface area contributed by atoms with E-state index in [0.717, 1.165) is 37.0 Å². The summed E-state index contributed by atoms with van der Waals surface area (Å²) >= 11 is 0. The molecule has 0 heterocycles. The topological polar surface area (TPSA) is 55.5 Å². The van der Waals surface area contributed by atoms with Crippen molar-refractivity contribution >= 4 is 0 Å². The van der Waals surface area contributed by atoms with Gasteiger partial charge >= 0.3 is 0 Å². The Morgan fingerprint density at radius 3 is 3.00 bits per heavy atom. The first-order chi connectivity index (χ1) is 8.20. The molecule has 1 unspecified atom stereocenters. The van der Waals surface area contributed by atoms with Gasteiger partial charge in [-0.25, -0.2) is 0 Å². The van der Waals surface area contributed by atoms with Gasteiger partial charge in [0.25, 0.3) is 0 Å². The van der Waals surface area contributed by atoms with Crippen LogP contribution in [0.5, 0.6) is 5.75 Å². The molecule has 0 spiro atoms. The van der Waals surface area contributed by atoms with Crippen LogP contribution >= 0.6 is 0 Å². The van der Waals surface area contributed by atoms with Crippen LogP contribution in [0.15, 0.2) is 24.3 Å². The Kier molecular flexibility index (Phi) is 3.69. The molecule has 1 aromatic carbocycles. The summed E-state index contributed by atoms with van der Waals surface area (Å²) in [5, 5.41) is 10.9. The minimum absolute atomic E-state index is 0.156. The Labute approximate surface area is 103 Å². The van der Waals surface area contributed by atoms with Crippen molar-refractivity contribution in [1.29, 1.82) is 0 Å². The highest BCUT2D eigenvalue weighted by Crippen LogP contribution is 2.41. The predicted molar refractivity (Wildman–Crippen MR) is 67.9 cm³/mol. The van der Waals surface area contributed by atoms with E-state index in [1.54, 1.807) is 7.11 Å². The molecule has 1 aromatic rings. The molecule has 1 saturated carbocycles. The number of aliphatic hydroxyl groups is 1. The molecule has 0 saturated heterocycles. The molecule has 3 N–H and O–H groups in total. The second kappa shape index (κ2) is 5.07. The minimum Gasteiger partial charge on any atom is -0.497 e. The van der Waals surface area contributed by atoms with Gasteiger partial charge in [-0.2, -0.15) is 0 Å². The third-order valence-electron chi connectivity index (χ3n) is 3.89. The molecule has 1 aliphatic carbocycles. The average molecular weight is 235 g/mol. The minimum atomic E-state index is -0.776. The lowest BCUT2D eigenvalue weighted by atomic mass is 9.71. The summed E-state index contributed by atoms with van der Waals surface area (Å²) in [5.41, 5.74) is 5.96. The van der Waals surface area contributed by atoms with Crippen molar-refractivity contribution < 1.29 is 9.84 Å². The number of hydrogen-bond acceptors (Lipinski definition) is 3. The maximum atomic E-state index is 10.9. The molecule has 3 heteroatoms. The van der Waals surface area contributed by atoms with Crippen LogP contribution in [0.3, 0.4) is 0 Å². The standard InChI is InChI=1S/C14H21NO2/c1-17-13-7-4-6-11(9-13)14(16)8-3-2-5-12(14)10-15/h4,6-7,9,12,16H,2-3,5,8,10,15H2,1H3/t12-,14?/m0/s1. The van der Waals surface area contributed by atoms with Gasteiger partial charge in [-0.05, 0) is 37.1 Å². The smallest absolute Gasteiger partial charge is 0.119 e. The zero-order valence-electron chi connectivity index (χ0n) is 10.4. The highest BCUT2D eigenvalue weighted by Gasteiger charge is 2.39. The molecule has 3 nitrogen and oxygen atoms in total. The van der Waals surface area contributed by atoms with Gasteiger partial charge in [0.1, 0.15) is 5.75 Å². The fourth-order valence-electron chi connectivity index (χ4n) is 2.81. The quantitative estimate of drug-likeness (QED) is 0.843. The number of nitrogens with two attached hydrogens (primary N) is 1. The molecular formula is C14H21NO2. The molecular weight excluding hydrogens is 214 g/mol. The van der Waals surface area contributed by atoms with Crippen molar-refractivity contribution in [2.24, 2.45) is 11.7 Å². The van der Waals surface area contributed by atoms with Crippen LogP contribution in [0, 0.1) is 5.92 Å². The van der Waals surface area contributed by atoms with Crippen LogP contribution in [0.25, 0.3) is 0 Å². The summed E-state index contributed by atoms with van der Waals surface area (Å²) in [6.07, 6.45) is 4.02. The number of ether oxygens (including phenoxy) is 1. The van der Waals surface area contributed by atoms with E-state index in [2.05, 4.69) is 0 Å². The third-order valence-corrected chi connectivity index (χ3v) is 3.89. The molecule has 17 heavy (non-hydrogen) atoms. The first kappa shape index (κ1) is 12.4. The summed E-state index contributed by atoms with van der Waals surface area (Å²) in [5.74, 6) is 0.945. The Morgan fingerprint density at radius 2 is 2.29 bits per heavy atom. The molecule has 2 rings (SSSR count). The lowest BCUT2D eigenvalue weighted by molar-refractivity contribution is -0.0507. The van der Waals surface area contributed by atoms with Crippen molar-refractivity contribution in [2.75, 3.05) is 13.7 Å². The van der Waals surface area contributed by atoms with Crippen LogP contribution in [-0.4, -0.2) is 18.8 Å². The Balaban J connectivity index is 2.33. The molecule has 0 bridgehead atoms. The molecule has 2 atom stereocenters. The maximum absolute atomic E-state index is 10.9. The van der Waals surface area contributed by atoms with Gasteiger partial charge in [0, 0.05) is 5.92 Å². The Morgan fingerprint density at radius 1 is 1.47 bits per heavy atom. The Bertz CT molecular complexity index is 380. The van der Waals surface area contributed by atoms with Crippen molar-refractivity contribution in [3.05, 3.63) is 29.8 Å². The van der Waals surface area contributed by atoms with E-state index in [1.165, 1.54) is 0 Å². The van der Waals surface area contributed by atoms with E-state index in [-0.39, 0.29) is 5.92 Å². The van der Waals surface area contributed by atoms with E-state index in [0.29, 0.717) is 6.54 Å². The second-order valence-corrected chi connectivity index (χ2v) is 4.83. The average Bonchev–Trinajstić information content (AvgIpc) is 2.39. The zero-order chi connectivity index (χ0) is 12.3. The van der Waals surface area contributed by atoms with Gasteiger partial charge in [0.05, 0.1) is 12.7 Å². The SMILES string of the molecule is COc1cccc(C2(O)CCCC[C@H]2CN)c1. The molecule has 1 aliphatic rings. The second-order valence-electron chi connectivity index (χ2n) is 4.83. The molecule has 1 fully saturated rings. The first-order valence-electron chi connectivity index (χ1n) is 6.27. The van der Waals surface area contributed by atoms with Gasteiger partial charge in [-0.15, -0.1) is 0 Å². The lowest BCUT2D eigenvalue weighted by Crippen LogP contribution is -2.41. The summed E-state index contributed by atoms with van der Waals surface area (Å²) in [6, 6.07) is 7.71. The van der Waals surface area contributed by atoms with Gasteiger partial charge in [0.15, 0.2) is 0 Å². The van der Waals surface area contributed by atoms with Gasteiger partial charge in [0.2, 0.25) is 0 Å². The van der Waals surface area contributed by atoms with Crippen LogP contribution in [-0.2, 0) is 5.60 Å². The zero-order valence-corrected chi connectivity index (χ0v) is 10.4. The fourth-order valence-corrected chi connectivity index (χ4v) is 2.81. The van der Waals surface area contributed by atoms with Gasteiger partial charge in [-0.1, -0.05) is 25.0 Å². The van der Waals surface area contributed by atoms with Crippen LogP contribution in [0.1, 0.15) is 31.2 Å². The summed E-state index contributed by atoms with van der Waals surface area (Å²) in [7, 11) is 1.64. The molecule has 94 valence electrons. The molecule has 0 aromatic heterocycles. The molecule has 0 aliphatic heterocycles. The third kappa shape index (κ3) is 2.31. The predicted octanol–water partition coefficient (Wildman–Crippen LogP) is 2.03. The van der Waals surface area contributed by atoms with Crippen molar-refractivity contribution in [3.63, 3.8) is 0 Å². The van der Waals surface area contributed by atoms with Crippen LogP contribution < -0.4 is 10.5 Å². The number of rotatable bonds is 3. The first-order valence-corrected chi connectivity index (χ1v) is 6.27. The van der Waals surface area contributed by atoms with E-state index < -0.39 is 5.60 Å². The van der Waals surface area contributed by atoms with E-state index >= 15 is 0 Å². The monoisotopic (exact) mass is 235 g/mol. The van der Waals surface area contributed by atoms with Crippen molar-refractivity contribution in [3.8, 4) is 5.75 Å². The highest BCUT2D eigenvalue weighted by atomic mass is 16.5. The number of hydrogen-bond donors (Lipinski definition) is 2. The summed E-state index contributed by atoms with van der Waals surface area (Å²) in [4.78, 5) is 0. The largest absolute Gasteiger partial charge is 0.497 e. The lowest BCUT2D eigenvalue weighted by Gasteiger charge is -2.40. The summed E-state index contributed by atoms with van der Waals surface area (Å²) < 4.78 is 5.22. The maximum Gasteiger partial charge on any atom is 0.119 e. The Hall–Kier alpha value is -1.06. The van der Waals surface area contributed by atoms with Gasteiger partial charge < -0.3 is 15.6 Å². The van der Waals surface area contributed by atoms with E-state index in [9.17, 15) is 5.11 Å².